The molecule has 0 aliphatic carbocycles. The van der Waals surface area contributed by atoms with Crippen molar-refractivity contribution in [1.29, 1.82) is 0 Å². The van der Waals surface area contributed by atoms with Crippen LogP contribution in [0.3, 0.4) is 0 Å². The first-order valence-electron chi connectivity index (χ1n) is 9.16. The fourth-order valence-electron chi connectivity index (χ4n) is 3.14. The van der Waals surface area contributed by atoms with E-state index in [1.54, 1.807) is 24.3 Å². The van der Waals surface area contributed by atoms with Gasteiger partial charge in [0.15, 0.2) is 0 Å². The number of amides is 1. The Morgan fingerprint density at radius 1 is 1.00 bits per heavy atom. The smallest absolute Gasteiger partial charge is 0.258 e. The third kappa shape index (κ3) is 5.11. The van der Waals surface area contributed by atoms with Gasteiger partial charge in [-0.1, -0.05) is 42.5 Å². The minimum Gasteiger partial charge on any atom is -0.399 e. The zero-order valence-electron chi connectivity index (χ0n) is 15.8. The quantitative estimate of drug-likeness (QED) is 0.298. The van der Waals surface area contributed by atoms with Crippen LogP contribution in [0.2, 0.25) is 0 Å². The van der Waals surface area contributed by atoms with E-state index in [-0.39, 0.29) is 11.4 Å². The standard InChI is InChI=1S/C21H23N3O4S/c22-19-10-8-17-9-11-20(14-18(17)13-19)29(27,28)24(15-21(25)23-26)12-4-7-16-5-2-1-3-6-16/h1-3,5-6,8-11,13-14,26H,4,7,12,15,22H2,(H,23,25). The molecule has 0 spiro atoms. The SMILES string of the molecule is Nc1ccc2ccc(S(=O)(=O)N(CCCc3ccccc3)CC(=O)NO)cc2c1. The molecule has 29 heavy (non-hydrogen) atoms. The summed E-state index contributed by atoms with van der Waals surface area (Å²) in [5.41, 5.74) is 8.92. The summed E-state index contributed by atoms with van der Waals surface area (Å²) in [6, 6.07) is 19.7. The van der Waals surface area contributed by atoms with E-state index < -0.39 is 22.5 Å². The summed E-state index contributed by atoms with van der Waals surface area (Å²) >= 11 is 0. The van der Waals surface area contributed by atoms with Gasteiger partial charge in [-0.3, -0.25) is 10.0 Å². The molecule has 1 amide bonds. The number of aryl methyl sites for hydroxylation is 1. The number of nitrogens with zero attached hydrogens (tertiary/aromatic N) is 1. The van der Waals surface area contributed by atoms with Gasteiger partial charge in [0.25, 0.3) is 5.91 Å². The predicted octanol–water partition coefficient (Wildman–Crippen LogP) is 2.55. The lowest BCUT2D eigenvalue weighted by molar-refractivity contribution is -0.129. The Labute approximate surface area is 169 Å². The van der Waals surface area contributed by atoms with Crippen LogP contribution >= 0.6 is 0 Å². The fraction of sp³-hybridized carbons (Fsp3) is 0.190. The van der Waals surface area contributed by atoms with Crippen LogP contribution in [0.15, 0.2) is 71.6 Å². The number of hydrogen-bond acceptors (Lipinski definition) is 5. The topological polar surface area (TPSA) is 113 Å². The first kappa shape index (κ1) is 20.8. The van der Waals surface area contributed by atoms with E-state index in [1.165, 1.54) is 11.5 Å². The molecule has 0 atom stereocenters. The van der Waals surface area contributed by atoms with E-state index >= 15 is 0 Å². The number of hydrogen-bond donors (Lipinski definition) is 3. The zero-order chi connectivity index (χ0) is 20.9. The number of sulfonamides is 1. The number of nitrogens with one attached hydrogen (secondary N) is 1. The van der Waals surface area contributed by atoms with Crippen LogP contribution in [-0.2, 0) is 21.2 Å². The Morgan fingerprint density at radius 2 is 1.72 bits per heavy atom. The molecule has 0 aliphatic rings. The van der Waals surface area contributed by atoms with E-state index in [2.05, 4.69) is 0 Å². The van der Waals surface area contributed by atoms with E-state index in [4.69, 9.17) is 10.9 Å². The summed E-state index contributed by atoms with van der Waals surface area (Å²) in [6.45, 7) is -0.331. The van der Waals surface area contributed by atoms with Gasteiger partial charge >= 0.3 is 0 Å². The zero-order valence-corrected chi connectivity index (χ0v) is 16.6. The van der Waals surface area contributed by atoms with Crippen molar-refractivity contribution < 1.29 is 18.4 Å². The van der Waals surface area contributed by atoms with Gasteiger partial charge < -0.3 is 5.73 Å². The molecule has 8 heteroatoms. The first-order chi connectivity index (χ1) is 13.9. The molecule has 0 bridgehead atoms. The average molecular weight is 413 g/mol. The van der Waals surface area contributed by atoms with Crippen LogP contribution in [0.25, 0.3) is 10.8 Å². The van der Waals surface area contributed by atoms with Gasteiger partial charge in [0, 0.05) is 12.2 Å². The Kier molecular flexibility index (Phi) is 6.48. The number of hydroxylamine groups is 1. The summed E-state index contributed by atoms with van der Waals surface area (Å²) in [4.78, 5) is 11.8. The lowest BCUT2D eigenvalue weighted by Crippen LogP contribution is -2.40. The molecule has 0 aliphatic heterocycles. The second kappa shape index (κ2) is 9.04. The highest BCUT2D eigenvalue weighted by Crippen LogP contribution is 2.24. The molecule has 0 fully saturated rings. The highest BCUT2D eigenvalue weighted by molar-refractivity contribution is 7.89. The molecular formula is C21H23N3O4S. The second-order valence-corrected chi connectivity index (χ2v) is 8.67. The van der Waals surface area contributed by atoms with Gasteiger partial charge in [-0.25, -0.2) is 13.9 Å². The summed E-state index contributed by atoms with van der Waals surface area (Å²) in [6.07, 6.45) is 1.20. The molecule has 0 aromatic heterocycles. The van der Waals surface area contributed by atoms with Crippen molar-refractivity contribution in [3.05, 3.63) is 72.3 Å². The van der Waals surface area contributed by atoms with Crippen molar-refractivity contribution in [3.8, 4) is 0 Å². The van der Waals surface area contributed by atoms with Crippen LogP contribution in [0.1, 0.15) is 12.0 Å². The largest absolute Gasteiger partial charge is 0.399 e. The molecule has 152 valence electrons. The van der Waals surface area contributed by atoms with Crippen molar-refractivity contribution >= 4 is 32.4 Å². The predicted molar refractivity (Wildman–Crippen MR) is 112 cm³/mol. The molecule has 0 saturated carbocycles. The molecular weight excluding hydrogens is 390 g/mol. The number of benzene rings is 3. The Balaban J connectivity index is 1.85. The maximum Gasteiger partial charge on any atom is 0.258 e. The van der Waals surface area contributed by atoms with E-state index in [1.807, 2.05) is 36.4 Å². The van der Waals surface area contributed by atoms with E-state index in [0.717, 1.165) is 15.3 Å². The van der Waals surface area contributed by atoms with Crippen LogP contribution in [0.5, 0.6) is 0 Å². The van der Waals surface area contributed by atoms with E-state index in [9.17, 15) is 13.2 Å². The fourth-order valence-corrected chi connectivity index (χ4v) is 4.61. The average Bonchev–Trinajstić information content (AvgIpc) is 2.73. The number of rotatable bonds is 8. The maximum absolute atomic E-state index is 13.2. The Bertz CT molecular complexity index is 1100. The third-order valence-corrected chi connectivity index (χ3v) is 6.48. The lowest BCUT2D eigenvalue weighted by Gasteiger charge is -2.21. The molecule has 4 N–H and O–H groups in total. The summed E-state index contributed by atoms with van der Waals surface area (Å²) in [7, 11) is -3.94. The molecule has 0 saturated heterocycles. The highest BCUT2D eigenvalue weighted by atomic mass is 32.2. The summed E-state index contributed by atoms with van der Waals surface area (Å²) < 4.78 is 27.5. The Hall–Kier alpha value is -2.94. The van der Waals surface area contributed by atoms with Crippen molar-refractivity contribution in [1.82, 2.24) is 9.79 Å². The van der Waals surface area contributed by atoms with Gasteiger partial charge in [-0.05, 0) is 53.4 Å². The summed E-state index contributed by atoms with van der Waals surface area (Å²) in [5.74, 6) is -0.793. The number of fused-ring (bicyclic) bond motifs is 1. The molecule has 7 nitrogen and oxygen atoms in total. The van der Waals surface area contributed by atoms with Crippen molar-refractivity contribution in [2.75, 3.05) is 18.8 Å². The summed E-state index contributed by atoms with van der Waals surface area (Å²) in [5, 5.41) is 10.4. The monoisotopic (exact) mass is 413 g/mol. The lowest BCUT2D eigenvalue weighted by atomic mass is 10.1. The number of carbonyl (C=O) groups is 1. The third-order valence-electron chi connectivity index (χ3n) is 4.63. The van der Waals surface area contributed by atoms with Crippen LogP contribution in [0.4, 0.5) is 5.69 Å². The molecule has 3 aromatic carbocycles. The molecule has 3 rings (SSSR count). The first-order valence-corrected chi connectivity index (χ1v) is 10.6. The number of nitrogens with two attached hydrogens (primary N) is 1. The highest BCUT2D eigenvalue weighted by Gasteiger charge is 2.26. The van der Waals surface area contributed by atoms with Gasteiger partial charge in [0.2, 0.25) is 10.0 Å². The van der Waals surface area contributed by atoms with Gasteiger partial charge in [0.05, 0.1) is 11.4 Å². The normalized spacial score (nSPS) is 11.7. The minimum atomic E-state index is -3.94. The van der Waals surface area contributed by atoms with Crippen LogP contribution in [0, 0.1) is 0 Å². The van der Waals surface area contributed by atoms with Crippen molar-refractivity contribution in [2.45, 2.75) is 17.7 Å². The van der Waals surface area contributed by atoms with Gasteiger partial charge in [-0.2, -0.15) is 4.31 Å². The second-order valence-electron chi connectivity index (χ2n) is 6.73. The maximum atomic E-state index is 13.2. The van der Waals surface area contributed by atoms with Gasteiger partial charge in [-0.15, -0.1) is 0 Å². The van der Waals surface area contributed by atoms with Crippen molar-refractivity contribution in [3.63, 3.8) is 0 Å². The number of carbonyl (C=O) groups excluding carboxylic acids is 1. The van der Waals surface area contributed by atoms with Crippen LogP contribution in [-0.4, -0.2) is 36.9 Å². The number of anilines is 1. The Morgan fingerprint density at radius 3 is 2.45 bits per heavy atom. The minimum absolute atomic E-state index is 0.0704. The molecule has 3 aromatic rings. The number of nitrogen functional groups attached to an aromatic ring is 1. The van der Waals surface area contributed by atoms with E-state index in [0.29, 0.717) is 23.9 Å². The molecule has 0 heterocycles. The van der Waals surface area contributed by atoms with Gasteiger partial charge in [0.1, 0.15) is 0 Å². The molecule has 0 radical (unpaired) electrons. The molecule has 0 unspecified atom stereocenters. The van der Waals surface area contributed by atoms with Crippen molar-refractivity contribution in [2.24, 2.45) is 0 Å². The van der Waals surface area contributed by atoms with Crippen LogP contribution < -0.4 is 11.2 Å².